The Morgan fingerprint density at radius 1 is 0.886 bits per heavy atom. The number of anilines is 2. The van der Waals surface area contributed by atoms with Crippen LogP contribution in [0.3, 0.4) is 0 Å². The van der Waals surface area contributed by atoms with Crippen molar-refractivity contribution in [2.75, 3.05) is 29.4 Å². The molecular weight excluding hydrogens is 468 g/mol. The van der Waals surface area contributed by atoms with Crippen molar-refractivity contribution in [2.45, 2.75) is 25.7 Å². The Labute approximate surface area is 205 Å². The maximum Gasteiger partial charge on any atom is 0.340 e. The standard InChI is InChI=1S/C26H28N2O6S/c1-4-33-24-13-9-8-12-23(24)28(35(31,32)20-16-14-19(3)15-17-20)18-25(29)27-22-11-7-6-10-21(22)26(30)34-5-2/h6-17H,4-5,18H2,1-3H3,(H,27,29). The fraction of sp³-hybridized carbons (Fsp3) is 0.231. The highest BCUT2D eigenvalue weighted by molar-refractivity contribution is 7.92. The van der Waals surface area contributed by atoms with Crippen LogP contribution < -0.4 is 14.4 Å². The van der Waals surface area contributed by atoms with Gasteiger partial charge >= 0.3 is 5.97 Å². The number of para-hydroxylation sites is 3. The second kappa shape index (κ2) is 11.5. The molecule has 0 heterocycles. The number of benzene rings is 3. The lowest BCUT2D eigenvalue weighted by Crippen LogP contribution is -2.38. The summed E-state index contributed by atoms with van der Waals surface area (Å²) in [6, 6.07) is 19.4. The molecule has 35 heavy (non-hydrogen) atoms. The van der Waals surface area contributed by atoms with Crippen LogP contribution in [0.5, 0.6) is 5.75 Å². The Bertz CT molecular complexity index is 1290. The van der Waals surface area contributed by atoms with E-state index >= 15 is 0 Å². The SMILES string of the molecule is CCOC(=O)c1ccccc1NC(=O)CN(c1ccccc1OCC)S(=O)(=O)c1ccc(C)cc1. The number of sulfonamides is 1. The van der Waals surface area contributed by atoms with Gasteiger partial charge in [-0.2, -0.15) is 0 Å². The molecule has 0 radical (unpaired) electrons. The van der Waals surface area contributed by atoms with Gasteiger partial charge in [0.2, 0.25) is 5.91 Å². The van der Waals surface area contributed by atoms with Crippen LogP contribution in [0.4, 0.5) is 11.4 Å². The number of ether oxygens (including phenoxy) is 2. The van der Waals surface area contributed by atoms with Crippen molar-refractivity contribution < 1.29 is 27.5 Å². The second-order valence-corrected chi connectivity index (χ2v) is 9.40. The van der Waals surface area contributed by atoms with Gasteiger partial charge in [0.15, 0.2) is 0 Å². The van der Waals surface area contributed by atoms with Gasteiger partial charge in [-0.15, -0.1) is 0 Å². The number of esters is 1. The van der Waals surface area contributed by atoms with Crippen LogP contribution in [0.1, 0.15) is 29.8 Å². The average molecular weight is 497 g/mol. The van der Waals surface area contributed by atoms with Gasteiger partial charge in [-0.3, -0.25) is 9.10 Å². The molecule has 3 aromatic carbocycles. The lowest BCUT2D eigenvalue weighted by atomic mass is 10.2. The molecule has 0 atom stereocenters. The summed E-state index contributed by atoms with van der Waals surface area (Å²) in [5.41, 5.74) is 1.52. The van der Waals surface area contributed by atoms with Gasteiger partial charge in [0, 0.05) is 0 Å². The smallest absolute Gasteiger partial charge is 0.340 e. The number of hydrogen-bond acceptors (Lipinski definition) is 6. The third-order valence-corrected chi connectivity index (χ3v) is 6.80. The number of aryl methyl sites for hydroxylation is 1. The van der Waals surface area contributed by atoms with Crippen LogP contribution in [-0.4, -0.2) is 40.1 Å². The van der Waals surface area contributed by atoms with Gasteiger partial charge in [-0.25, -0.2) is 13.2 Å². The summed E-state index contributed by atoms with van der Waals surface area (Å²) in [6.45, 7) is 5.27. The summed E-state index contributed by atoms with van der Waals surface area (Å²) in [5.74, 6) is -0.900. The quantitative estimate of drug-likeness (QED) is 0.417. The van der Waals surface area contributed by atoms with Gasteiger partial charge in [-0.1, -0.05) is 42.0 Å². The van der Waals surface area contributed by atoms with Crippen molar-refractivity contribution in [3.8, 4) is 5.75 Å². The lowest BCUT2D eigenvalue weighted by Gasteiger charge is -2.26. The van der Waals surface area contributed by atoms with Crippen molar-refractivity contribution in [3.63, 3.8) is 0 Å². The maximum atomic E-state index is 13.7. The van der Waals surface area contributed by atoms with E-state index in [1.807, 2.05) is 6.92 Å². The molecular formula is C26H28N2O6S. The summed E-state index contributed by atoms with van der Waals surface area (Å²) >= 11 is 0. The van der Waals surface area contributed by atoms with Crippen molar-refractivity contribution in [1.82, 2.24) is 0 Å². The number of hydrogen-bond donors (Lipinski definition) is 1. The van der Waals surface area contributed by atoms with Crippen LogP contribution in [0.25, 0.3) is 0 Å². The van der Waals surface area contributed by atoms with Crippen LogP contribution >= 0.6 is 0 Å². The van der Waals surface area contributed by atoms with E-state index in [4.69, 9.17) is 9.47 Å². The number of rotatable bonds is 10. The number of nitrogens with one attached hydrogen (secondary N) is 1. The number of amides is 1. The highest BCUT2D eigenvalue weighted by atomic mass is 32.2. The Kier molecular flexibility index (Phi) is 8.48. The first-order valence-electron chi connectivity index (χ1n) is 11.1. The summed E-state index contributed by atoms with van der Waals surface area (Å²) < 4.78 is 39.0. The molecule has 8 nitrogen and oxygen atoms in total. The zero-order valence-corrected chi connectivity index (χ0v) is 20.7. The van der Waals surface area contributed by atoms with E-state index in [1.54, 1.807) is 68.4 Å². The maximum absolute atomic E-state index is 13.7. The van der Waals surface area contributed by atoms with Crippen molar-refractivity contribution in [2.24, 2.45) is 0 Å². The van der Waals surface area contributed by atoms with Crippen molar-refractivity contribution in [1.29, 1.82) is 0 Å². The van der Waals surface area contributed by atoms with Gasteiger partial charge in [0.1, 0.15) is 12.3 Å². The van der Waals surface area contributed by atoms with Crippen LogP contribution in [0, 0.1) is 6.92 Å². The molecule has 0 saturated heterocycles. The third-order valence-electron chi connectivity index (χ3n) is 5.03. The minimum absolute atomic E-state index is 0.0362. The Balaban J connectivity index is 1.99. The van der Waals surface area contributed by atoms with E-state index in [0.717, 1.165) is 9.87 Å². The Hall–Kier alpha value is -3.85. The van der Waals surface area contributed by atoms with Gasteiger partial charge in [0.25, 0.3) is 10.0 Å². The highest BCUT2D eigenvalue weighted by Gasteiger charge is 2.30. The first-order chi connectivity index (χ1) is 16.8. The summed E-state index contributed by atoms with van der Waals surface area (Å²) in [5, 5.41) is 2.65. The fourth-order valence-electron chi connectivity index (χ4n) is 3.38. The number of nitrogens with zero attached hydrogens (tertiary/aromatic N) is 1. The normalized spacial score (nSPS) is 10.9. The molecule has 9 heteroatoms. The van der Waals surface area contributed by atoms with Crippen LogP contribution in [-0.2, 0) is 19.6 Å². The molecule has 0 aliphatic carbocycles. The van der Waals surface area contributed by atoms with Crippen LogP contribution in [0.15, 0.2) is 77.7 Å². The van der Waals surface area contributed by atoms with E-state index in [2.05, 4.69) is 5.32 Å². The zero-order valence-electron chi connectivity index (χ0n) is 19.9. The molecule has 0 aliphatic heterocycles. The predicted molar refractivity (Wildman–Crippen MR) is 134 cm³/mol. The molecule has 0 bridgehead atoms. The highest BCUT2D eigenvalue weighted by Crippen LogP contribution is 2.32. The van der Waals surface area contributed by atoms with E-state index in [1.165, 1.54) is 18.2 Å². The summed E-state index contributed by atoms with van der Waals surface area (Å²) in [6.07, 6.45) is 0. The lowest BCUT2D eigenvalue weighted by molar-refractivity contribution is -0.114. The minimum atomic E-state index is -4.13. The Morgan fingerprint density at radius 3 is 2.23 bits per heavy atom. The summed E-state index contributed by atoms with van der Waals surface area (Å²) in [4.78, 5) is 25.4. The molecule has 3 rings (SSSR count). The monoisotopic (exact) mass is 496 g/mol. The van der Waals surface area contributed by atoms with E-state index < -0.39 is 28.4 Å². The molecule has 3 aromatic rings. The molecule has 0 aliphatic rings. The van der Waals surface area contributed by atoms with Gasteiger partial charge in [-0.05, 0) is 57.2 Å². The molecule has 0 spiro atoms. The molecule has 1 N–H and O–H groups in total. The molecule has 1 amide bonds. The first kappa shape index (κ1) is 25.8. The third kappa shape index (κ3) is 6.19. The zero-order chi connectivity index (χ0) is 25.4. The molecule has 0 fully saturated rings. The molecule has 0 saturated carbocycles. The second-order valence-electron chi connectivity index (χ2n) is 7.54. The number of carbonyl (C=O) groups is 2. The number of carbonyl (C=O) groups excluding carboxylic acids is 2. The van der Waals surface area contributed by atoms with E-state index in [-0.39, 0.29) is 28.4 Å². The fourth-order valence-corrected chi connectivity index (χ4v) is 4.81. The Morgan fingerprint density at radius 2 is 1.54 bits per heavy atom. The minimum Gasteiger partial charge on any atom is -0.492 e. The molecule has 0 aromatic heterocycles. The molecule has 184 valence electrons. The predicted octanol–water partition coefficient (Wildman–Crippen LogP) is 4.40. The van der Waals surface area contributed by atoms with E-state index in [9.17, 15) is 18.0 Å². The average Bonchev–Trinajstić information content (AvgIpc) is 2.84. The molecule has 0 unspecified atom stereocenters. The van der Waals surface area contributed by atoms with Crippen LogP contribution in [0.2, 0.25) is 0 Å². The van der Waals surface area contributed by atoms with Gasteiger partial charge in [0.05, 0.1) is 35.0 Å². The topological polar surface area (TPSA) is 102 Å². The van der Waals surface area contributed by atoms with Gasteiger partial charge < -0.3 is 14.8 Å². The van der Waals surface area contributed by atoms with E-state index in [0.29, 0.717) is 12.4 Å². The van der Waals surface area contributed by atoms with Crippen molar-refractivity contribution in [3.05, 3.63) is 83.9 Å². The summed E-state index contributed by atoms with van der Waals surface area (Å²) in [7, 11) is -4.13. The largest absolute Gasteiger partial charge is 0.492 e. The first-order valence-corrected chi connectivity index (χ1v) is 12.6. The van der Waals surface area contributed by atoms with Crippen molar-refractivity contribution >= 4 is 33.3 Å².